The maximum Gasteiger partial charge on any atom is 0.390 e. The molecular weight excluding hydrogens is 229 g/mol. The number of nitriles is 1. The maximum atomic E-state index is 12.0. The summed E-state index contributed by atoms with van der Waals surface area (Å²) in [5.41, 5.74) is 1.26. The molecule has 1 aromatic rings. The molecule has 0 atom stereocenters. The van der Waals surface area contributed by atoms with E-state index >= 15 is 0 Å². The highest BCUT2D eigenvalue weighted by molar-refractivity contribution is 5.37. The molecule has 1 rings (SSSR count). The van der Waals surface area contributed by atoms with Crippen molar-refractivity contribution in [2.24, 2.45) is 0 Å². The Kier molecular flexibility index (Phi) is 4.53. The third-order valence-electron chi connectivity index (χ3n) is 2.36. The van der Waals surface area contributed by atoms with Gasteiger partial charge in [0.15, 0.2) is 0 Å². The number of rotatable bonds is 4. The minimum atomic E-state index is -4.14. The van der Waals surface area contributed by atoms with E-state index in [9.17, 15) is 13.2 Å². The fraction of sp³-hybridized carbons (Fsp3) is 0.417. The smallest absolute Gasteiger partial charge is 0.302 e. The van der Waals surface area contributed by atoms with Gasteiger partial charge in [0.1, 0.15) is 0 Å². The highest BCUT2D eigenvalue weighted by Gasteiger charge is 2.27. The number of benzene rings is 1. The van der Waals surface area contributed by atoms with Crippen molar-refractivity contribution in [1.82, 2.24) is 4.90 Å². The fourth-order valence-electron chi connectivity index (χ4n) is 1.45. The maximum absolute atomic E-state index is 12.0. The van der Waals surface area contributed by atoms with E-state index in [2.05, 4.69) is 0 Å². The van der Waals surface area contributed by atoms with Crippen LogP contribution in [0.2, 0.25) is 0 Å². The Labute approximate surface area is 98.3 Å². The summed E-state index contributed by atoms with van der Waals surface area (Å²) in [4.78, 5) is 1.56. The number of nitrogens with zero attached hydrogens (tertiary/aromatic N) is 2. The van der Waals surface area contributed by atoms with E-state index in [1.54, 1.807) is 36.2 Å². The zero-order valence-corrected chi connectivity index (χ0v) is 9.46. The molecule has 2 nitrogen and oxygen atoms in total. The highest BCUT2D eigenvalue weighted by Crippen LogP contribution is 2.20. The third-order valence-corrected chi connectivity index (χ3v) is 2.36. The van der Waals surface area contributed by atoms with Gasteiger partial charge in [-0.25, -0.2) is 0 Å². The molecule has 5 heteroatoms. The topological polar surface area (TPSA) is 27.0 Å². The van der Waals surface area contributed by atoms with Crippen molar-refractivity contribution in [3.05, 3.63) is 35.4 Å². The standard InChI is InChI=1S/C12H13F3N2/c1-17(7-6-12(13,14)15)9-11-5-3-2-4-10(11)8-16/h2-5H,6-7,9H2,1H3. The van der Waals surface area contributed by atoms with Crippen molar-refractivity contribution >= 4 is 0 Å². The van der Waals surface area contributed by atoms with Gasteiger partial charge in [-0.1, -0.05) is 18.2 Å². The average Bonchev–Trinajstić information content (AvgIpc) is 2.26. The lowest BCUT2D eigenvalue weighted by Gasteiger charge is -2.18. The van der Waals surface area contributed by atoms with Crippen molar-refractivity contribution in [2.75, 3.05) is 13.6 Å². The van der Waals surface area contributed by atoms with Crippen LogP contribution >= 0.6 is 0 Å². The summed E-state index contributed by atoms with van der Waals surface area (Å²) in [6.45, 7) is 0.281. The van der Waals surface area contributed by atoms with Crippen molar-refractivity contribution < 1.29 is 13.2 Å². The minimum Gasteiger partial charge on any atom is -0.302 e. The Morgan fingerprint density at radius 2 is 1.94 bits per heavy atom. The zero-order chi connectivity index (χ0) is 12.9. The molecule has 0 heterocycles. The second kappa shape index (κ2) is 5.69. The van der Waals surface area contributed by atoms with Gasteiger partial charge in [-0.15, -0.1) is 0 Å². The molecule has 1 aromatic carbocycles. The van der Waals surface area contributed by atoms with Gasteiger partial charge in [0, 0.05) is 13.1 Å². The van der Waals surface area contributed by atoms with Crippen LogP contribution in [-0.4, -0.2) is 24.7 Å². The van der Waals surface area contributed by atoms with Crippen molar-refractivity contribution in [2.45, 2.75) is 19.1 Å². The summed E-state index contributed by atoms with van der Waals surface area (Å²) in [5, 5.41) is 8.84. The lowest BCUT2D eigenvalue weighted by atomic mass is 10.1. The van der Waals surface area contributed by atoms with E-state index in [0.717, 1.165) is 5.56 Å². The lowest BCUT2D eigenvalue weighted by molar-refractivity contribution is -0.137. The minimum absolute atomic E-state index is 0.0662. The summed E-state index contributed by atoms with van der Waals surface area (Å²) in [6, 6.07) is 8.94. The predicted octanol–water partition coefficient (Wildman–Crippen LogP) is 2.94. The predicted molar refractivity (Wildman–Crippen MR) is 58.2 cm³/mol. The normalized spacial score (nSPS) is 11.5. The number of hydrogen-bond acceptors (Lipinski definition) is 2. The van der Waals surface area contributed by atoms with Crippen molar-refractivity contribution in [3.63, 3.8) is 0 Å². The highest BCUT2D eigenvalue weighted by atomic mass is 19.4. The van der Waals surface area contributed by atoms with Crippen LogP contribution in [0.3, 0.4) is 0 Å². The van der Waals surface area contributed by atoms with Gasteiger partial charge in [0.25, 0.3) is 0 Å². The summed E-state index contributed by atoms with van der Waals surface area (Å²) < 4.78 is 36.1. The van der Waals surface area contributed by atoms with Gasteiger partial charge in [-0.3, -0.25) is 0 Å². The lowest BCUT2D eigenvalue weighted by Crippen LogP contribution is -2.24. The summed E-state index contributed by atoms with van der Waals surface area (Å²) >= 11 is 0. The third kappa shape index (κ3) is 4.87. The van der Waals surface area contributed by atoms with E-state index in [1.165, 1.54) is 0 Å². The zero-order valence-electron chi connectivity index (χ0n) is 9.46. The molecule has 0 fully saturated rings. The van der Waals surface area contributed by atoms with E-state index in [-0.39, 0.29) is 6.54 Å². The molecule has 17 heavy (non-hydrogen) atoms. The number of hydrogen-bond donors (Lipinski definition) is 0. The van der Waals surface area contributed by atoms with E-state index in [4.69, 9.17) is 5.26 Å². The van der Waals surface area contributed by atoms with Crippen LogP contribution in [0.15, 0.2) is 24.3 Å². The van der Waals surface area contributed by atoms with E-state index in [0.29, 0.717) is 12.1 Å². The first-order valence-corrected chi connectivity index (χ1v) is 5.15. The van der Waals surface area contributed by atoms with Crippen LogP contribution in [0.1, 0.15) is 17.5 Å². The molecule has 0 amide bonds. The van der Waals surface area contributed by atoms with Crippen molar-refractivity contribution in [3.8, 4) is 6.07 Å². The molecule has 0 aliphatic rings. The second-order valence-electron chi connectivity index (χ2n) is 3.87. The average molecular weight is 242 g/mol. The SMILES string of the molecule is CN(CCC(F)(F)F)Cc1ccccc1C#N. The Morgan fingerprint density at radius 3 is 2.53 bits per heavy atom. The van der Waals surface area contributed by atoms with Gasteiger partial charge in [-0.2, -0.15) is 18.4 Å². The molecule has 0 unspecified atom stereocenters. The number of alkyl halides is 3. The van der Waals surface area contributed by atoms with Gasteiger partial charge < -0.3 is 4.90 Å². The Bertz CT molecular complexity index is 407. The van der Waals surface area contributed by atoms with Crippen LogP contribution in [0.4, 0.5) is 13.2 Å². The Hall–Kier alpha value is -1.54. The molecule has 92 valence electrons. The summed E-state index contributed by atoms with van der Waals surface area (Å²) in [5.74, 6) is 0. The first kappa shape index (κ1) is 13.5. The van der Waals surface area contributed by atoms with E-state index in [1.807, 2.05) is 6.07 Å². The van der Waals surface area contributed by atoms with Crippen LogP contribution in [-0.2, 0) is 6.54 Å². The molecule has 0 radical (unpaired) electrons. The first-order chi connectivity index (χ1) is 7.92. The molecule has 0 aliphatic carbocycles. The quantitative estimate of drug-likeness (QED) is 0.811. The molecular formula is C12H13F3N2. The van der Waals surface area contributed by atoms with Crippen LogP contribution in [0, 0.1) is 11.3 Å². The molecule has 0 spiro atoms. The molecule has 0 saturated carbocycles. The van der Waals surface area contributed by atoms with E-state index < -0.39 is 12.6 Å². The Morgan fingerprint density at radius 1 is 1.29 bits per heavy atom. The van der Waals surface area contributed by atoms with Gasteiger partial charge >= 0.3 is 6.18 Å². The first-order valence-electron chi connectivity index (χ1n) is 5.15. The molecule has 0 bridgehead atoms. The van der Waals surface area contributed by atoms with Crippen LogP contribution in [0.5, 0.6) is 0 Å². The second-order valence-corrected chi connectivity index (χ2v) is 3.87. The molecule has 0 aliphatic heterocycles. The monoisotopic (exact) mass is 242 g/mol. The van der Waals surface area contributed by atoms with Gasteiger partial charge in [0.05, 0.1) is 18.1 Å². The van der Waals surface area contributed by atoms with Crippen molar-refractivity contribution in [1.29, 1.82) is 5.26 Å². The van der Waals surface area contributed by atoms with Crippen LogP contribution in [0.25, 0.3) is 0 Å². The molecule has 0 saturated heterocycles. The van der Waals surface area contributed by atoms with Crippen LogP contribution < -0.4 is 0 Å². The molecule has 0 N–H and O–H groups in total. The summed E-state index contributed by atoms with van der Waals surface area (Å²) in [6.07, 6.45) is -4.97. The summed E-state index contributed by atoms with van der Waals surface area (Å²) in [7, 11) is 1.61. The largest absolute Gasteiger partial charge is 0.390 e. The van der Waals surface area contributed by atoms with Gasteiger partial charge in [0.2, 0.25) is 0 Å². The Balaban J connectivity index is 2.57. The fourth-order valence-corrected chi connectivity index (χ4v) is 1.45. The van der Waals surface area contributed by atoms with Gasteiger partial charge in [-0.05, 0) is 18.7 Å². The molecule has 0 aromatic heterocycles. The number of halogens is 3.